The Labute approximate surface area is 146 Å². The summed E-state index contributed by atoms with van der Waals surface area (Å²) >= 11 is 0. The molecule has 2 atom stereocenters. The zero-order valence-corrected chi connectivity index (χ0v) is 14.5. The standard InChI is InChI=1S/C18H22N2O5/c1-18(2,3)25-17(24)19-14(21)13(10-8-9-10)20-15(22)11-6-4-5-7-12(11)16(20)23/h4-7,10,13-14,21H,8-9H2,1-3H3,(H,19,24). The number of rotatable bonds is 4. The molecule has 0 spiro atoms. The third-order valence-electron chi connectivity index (χ3n) is 4.22. The molecule has 3 amide bonds. The molecule has 134 valence electrons. The van der Waals surface area contributed by atoms with Crippen molar-refractivity contribution in [3.63, 3.8) is 0 Å². The van der Waals surface area contributed by atoms with Crippen LogP contribution in [-0.4, -0.2) is 45.8 Å². The fourth-order valence-electron chi connectivity index (χ4n) is 3.04. The molecule has 0 radical (unpaired) electrons. The summed E-state index contributed by atoms with van der Waals surface area (Å²) in [6.45, 7) is 5.13. The van der Waals surface area contributed by atoms with Gasteiger partial charge in [-0.25, -0.2) is 4.79 Å². The highest BCUT2D eigenvalue weighted by Crippen LogP contribution is 2.39. The number of nitrogens with zero attached hydrogens (tertiary/aromatic N) is 1. The summed E-state index contributed by atoms with van der Waals surface area (Å²) in [4.78, 5) is 38.3. The maximum atomic E-state index is 12.6. The quantitative estimate of drug-likeness (QED) is 0.641. The predicted molar refractivity (Wildman–Crippen MR) is 88.8 cm³/mol. The largest absolute Gasteiger partial charge is 0.444 e. The van der Waals surface area contributed by atoms with Crippen molar-refractivity contribution in [3.05, 3.63) is 35.4 Å². The molecule has 2 unspecified atom stereocenters. The van der Waals surface area contributed by atoms with Crippen LogP contribution < -0.4 is 5.32 Å². The second-order valence-electron chi connectivity index (χ2n) is 7.44. The number of nitrogens with one attached hydrogen (secondary N) is 1. The molecule has 25 heavy (non-hydrogen) atoms. The van der Waals surface area contributed by atoms with Gasteiger partial charge in [-0.1, -0.05) is 12.1 Å². The lowest BCUT2D eigenvalue weighted by atomic mass is 10.1. The topological polar surface area (TPSA) is 95.9 Å². The summed E-state index contributed by atoms with van der Waals surface area (Å²) < 4.78 is 5.14. The van der Waals surface area contributed by atoms with Crippen LogP contribution in [0.5, 0.6) is 0 Å². The average molecular weight is 346 g/mol. The number of fused-ring (bicyclic) bond motifs is 1. The Bertz CT molecular complexity index is 685. The predicted octanol–water partition coefficient (Wildman–Crippen LogP) is 1.90. The third-order valence-corrected chi connectivity index (χ3v) is 4.22. The van der Waals surface area contributed by atoms with Gasteiger partial charge in [0.25, 0.3) is 11.8 Å². The van der Waals surface area contributed by atoms with Gasteiger partial charge in [0.2, 0.25) is 0 Å². The Kier molecular flexibility index (Phi) is 4.28. The molecule has 7 heteroatoms. The van der Waals surface area contributed by atoms with Crippen LogP contribution in [0.2, 0.25) is 0 Å². The fourth-order valence-corrected chi connectivity index (χ4v) is 3.04. The average Bonchev–Trinajstić information content (AvgIpc) is 3.30. The first-order valence-corrected chi connectivity index (χ1v) is 8.33. The number of imide groups is 1. The van der Waals surface area contributed by atoms with E-state index in [1.54, 1.807) is 45.0 Å². The molecule has 1 fully saturated rings. The van der Waals surface area contributed by atoms with Crippen LogP contribution in [0, 0.1) is 5.92 Å². The van der Waals surface area contributed by atoms with Gasteiger partial charge in [-0.15, -0.1) is 0 Å². The van der Waals surface area contributed by atoms with Crippen LogP contribution in [0.1, 0.15) is 54.3 Å². The van der Waals surface area contributed by atoms with Gasteiger partial charge in [-0.2, -0.15) is 0 Å². The van der Waals surface area contributed by atoms with Gasteiger partial charge < -0.3 is 9.84 Å². The zero-order valence-electron chi connectivity index (χ0n) is 14.5. The molecular formula is C18H22N2O5. The Balaban J connectivity index is 1.80. The molecule has 2 N–H and O–H groups in total. The molecular weight excluding hydrogens is 324 g/mol. The van der Waals surface area contributed by atoms with E-state index >= 15 is 0 Å². The highest BCUT2D eigenvalue weighted by Gasteiger charge is 2.49. The molecule has 0 saturated heterocycles. The molecule has 0 bridgehead atoms. The lowest BCUT2D eigenvalue weighted by Crippen LogP contribution is -2.55. The molecule has 1 heterocycles. The molecule has 1 aliphatic heterocycles. The highest BCUT2D eigenvalue weighted by atomic mass is 16.6. The number of amides is 3. The molecule has 1 aromatic carbocycles. The van der Waals surface area contributed by atoms with Gasteiger partial charge in [0.15, 0.2) is 6.23 Å². The van der Waals surface area contributed by atoms with E-state index in [1.807, 2.05) is 0 Å². The first-order valence-electron chi connectivity index (χ1n) is 8.33. The van der Waals surface area contributed by atoms with Crippen molar-refractivity contribution in [3.8, 4) is 0 Å². The SMILES string of the molecule is CC(C)(C)OC(=O)NC(O)C(C1CC1)N1C(=O)c2ccccc2C1=O. The number of aliphatic hydroxyl groups excluding tert-OH is 1. The molecule has 0 aromatic heterocycles. The van der Waals surface area contributed by atoms with E-state index in [9.17, 15) is 19.5 Å². The van der Waals surface area contributed by atoms with E-state index in [4.69, 9.17) is 4.74 Å². The molecule has 1 aromatic rings. The smallest absolute Gasteiger partial charge is 0.409 e. The van der Waals surface area contributed by atoms with Crippen LogP contribution >= 0.6 is 0 Å². The fraction of sp³-hybridized carbons (Fsp3) is 0.500. The van der Waals surface area contributed by atoms with Crippen LogP contribution in [0.3, 0.4) is 0 Å². The minimum atomic E-state index is -1.38. The monoisotopic (exact) mass is 346 g/mol. The molecule has 1 aliphatic carbocycles. The van der Waals surface area contributed by atoms with Crippen LogP contribution in [0.4, 0.5) is 4.79 Å². The Morgan fingerprint density at radius 3 is 2.16 bits per heavy atom. The Hall–Kier alpha value is -2.41. The summed E-state index contributed by atoms with van der Waals surface area (Å²) in [5, 5.41) is 12.9. The van der Waals surface area contributed by atoms with Gasteiger partial charge in [0, 0.05) is 0 Å². The Morgan fingerprint density at radius 2 is 1.72 bits per heavy atom. The second-order valence-corrected chi connectivity index (χ2v) is 7.44. The van der Waals surface area contributed by atoms with Crippen molar-refractivity contribution in [1.29, 1.82) is 0 Å². The van der Waals surface area contributed by atoms with Crippen LogP contribution in [-0.2, 0) is 4.74 Å². The summed E-state index contributed by atoms with van der Waals surface area (Å²) in [6.07, 6.45) is -0.609. The highest BCUT2D eigenvalue weighted by molar-refractivity contribution is 6.21. The van der Waals surface area contributed by atoms with E-state index < -0.39 is 35.8 Å². The zero-order chi connectivity index (χ0) is 18.4. The van der Waals surface area contributed by atoms with Crippen molar-refractivity contribution < 1.29 is 24.2 Å². The first-order chi connectivity index (χ1) is 11.7. The van der Waals surface area contributed by atoms with E-state index in [2.05, 4.69) is 5.32 Å². The van der Waals surface area contributed by atoms with E-state index in [-0.39, 0.29) is 5.92 Å². The molecule has 3 rings (SSSR count). The maximum absolute atomic E-state index is 12.6. The number of carbonyl (C=O) groups excluding carboxylic acids is 3. The van der Waals surface area contributed by atoms with E-state index in [1.165, 1.54) is 0 Å². The van der Waals surface area contributed by atoms with Crippen molar-refractivity contribution in [2.45, 2.75) is 51.5 Å². The third kappa shape index (κ3) is 3.51. The number of aliphatic hydroxyl groups is 1. The number of ether oxygens (including phenoxy) is 1. The van der Waals surface area contributed by atoms with Crippen LogP contribution in [0.15, 0.2) is 24.3 Å². The number of alkyl carbamates (subject to hydrolysis) is 1. The van der Waals surface area contributed by atoms with Gasteiger partial charge in [-0.3, -0.25) is 19.8 Å². The number of carbonyl (C=O) groups is 3. The van der Waals surface area contributed by atoms with Crippen molar-refractivity contribution in [2.24, 2.45) is 5.92 Å². The Morgan fingerprint density at radius 1 is 1.20 bits per heavy atom. The number of hydrogen-bond donors (Lipinski definition) is 2. The lowest BCUT2D eigenvalue weighted by molar-refractivity contribution is 0.00298. The molecule has 7 nitrogen and oxygen atoms in total. The maximum Gasteiger partial charge on any atom is 0.409 e. The summed E-state index contributed by atoms with van der Waals surface area (Å²) in [6, 6.07) is 5.75. The van der Waals surface area contributed by atoms with Gasteiger partial charge in [-0.05, 0) is 51.7 Å². The minimum Gasteiger partial charge on any atom is -0.444 e. The summed E-state index contributed by atoms with van der Waals surface area (Å²) in [5.41, 5.74) is -0.0702. The van der Waals surface area contributed by atoms with E-state index in [0.717, 1.165) is 17.7 Å². The van der Waals surface area contributed by atoms with E-state index in [0.29, 0.717) is 11.1 Å². The minimum absolute atomic E-state index is 0.0350. The van der Waals surface area contributed by atoms with Gasteiger partial charge >= 0.3 is 6.09 Å². The summed E-state index contributed by atoms with van der Waals surface area (Å²) in [7, 11) is 0. The van der Waals surface area contributed by atoms with Crippen molar-refractivity contribution in [2.75, 3.05) is 0 Å². The van der Waals surface area contributed by atoms with Gasteiger partial charge in [0.05, 0.1) is 17.2 Å². The molecule has 2 aliphatic rings. The lowest BCUT2D eigenvalue weighted by Gasteiger charge is -2.31. The first kappa shape index (κ1) is 17.4. The van der Waals surface area contributed by atoms with Crippen LogP contribution in [0.25, 0.3) is 0 Å². The van der Waals surface area contributed by atoms with Gasteiger partial charge in [0.1, 0.15) is 5.60 Å². The summed E-state index contributed by atoms with van der Waals surface area (Å²) in [5.74, 6) is -0.919. The van der Waals surface area contributed by atoms with Crippen molar-refractivity contribution >= 4 is 17.9 Å². The number of benzene rings is 1. The second kappa shape index (κ2) is 6.15. The molecule has 1 saturated carbocycles. The number of hydrogen-bond acceptors (Lipinski definition) is 5. The normalized spacial score (nSPS) is 19.4. The van der Waals surface area contributed by atoms with Crippen molar-refractivity contribution in [1.82, 2.24) is 10.2 Å².